The quantitative estimate of drug-likeness (QED) is 0.739. The van der Waals surface area contributed by atoms with Crippen LogP contribution < -0.4 is 5.56 Å². The van der Waals surface area contributed by atoms with Crippen molar-refractivity contribution in [2.24, 2.45) is 0 Å². The molecule has 8 heteroatoms. The van der Waals surface area contributed by atoms with Crippen LogP contribution in [0.1, 0.15) is 5.69 Å². The molecule has 0 saturated heterocycles. The molecular formula is C12H7F3N4O. The molecule has 1 aromatic carbocycles. The smallest absolute Gasteiger partial charge is 0.278 e. The number of aromatic amines is 1. The minimum Gasteiger partial charge on any atom is -0.278 e. The third kappa shape index (κ3) is 1.68. The van der Waals surface area contributed by atoms with Gasteiger partial charge in [0, 0.05) is 12.1 Å². The number of halogens is 3. The fraction of sp³-hybridized carbons (Fsp3) is 0.0833. The van der Waals surface area contributed by atoms with E-state index < -0.39 is 28.6 Å². The lowest BCUT2D eigenvalue weighted by molar-refractivity contribution is 0.547. The Morgan fingerprint density at radius 3 is 2.45 bits per heavy atom. The van der Waals surface area contributed by atoms with Gasteiger partial charge in [0.25, 0.3) is 11.3 Å². The Morgan fingerprint density at radius 1 is 1.15 bits per heavy atom. The fourth-order valence-corrected chi connectivity index (χ4v) is 2.03. The number of aryl methyl sites for hydroxylation is 1. The van der Waals surface area contributed by atoms with Crippen LogP contribution in [0.5, 0.6) is 0 Å². The molecule has 0 saturated carbocycles. The second-order valence-electron chi connectivity index (χ2n) is 4.14. The van der Waals surface area contributed by atoms with Crippen molar-refractivity contribution in [3.05, 3.63) is 52.0 Å². The number of benzene rings is 1. The van der Waals surface area contributed by atoms with Crippen molar-refractivity contribution < 1.29 is 13.2 Å². The van der Waals surface area contributed by atoms with Crippen LogP contribution in [0.15, 0.2) is 23.3 Å². The van der Waals surface area contributed by atoms with Crippen molar-refractivity contribution in [1.29, 1.82) is 0 Å². The molecule has 20 heavy (non-hydrogen) atoms. The summed E-state index contributed by atoms with van der Waals surface area (Å²) in [6.07, 6.45) is 1.23. The molecule has 0 radical (unpaired) electrons. The van der Waals surface area contributed by atoms with Gasteiger partial charge in [0.15, 0.2) is 0 Å². The molecule has 0 amide bonds. The van der Waals surface area contributed by atoms with Crippen LogP contribution in [0.3, 0.4) is 0 Å². The first kappa shape index (κ1) is 12.4. The first-order valence-electron chi connectivity index (χ1n) is 5.56. The van der Waals surface area contributed by atoms with Crippen molar-refractivity contribution in [2.75, 3.05) is 0 Å². The molecule has 2 heterocycles. The Hall–Kier alpha value is -2.64. The summed E-state index contributed by atoms with van der Waals surface area (Å²) in [6, 6.07) is 1.03. The molecule has 3 rings (SSSR count). The molecule has 0 aliphatic heterocycles. The largest absolute Gasteiger partial charge is 0.282 e. The van der Waals surface area contributed by atoms with Gasteiger partial charge in [-0.05, 0) is 6.92 Å². The highest BCUT2D eigenvalue weighted by Gasteiger charge is 2.21. The minimum atomic E-state index is -1.16. The van der Waals surface area contributed by atoms with Crippen LogP contribution in [-0.2, 0) is 0 Å². The van der Waals surface area contributed by atoms with Gasteiger partial charge in [-0.1, -0.05) is 0 Å². The van der Waals surface area contributed by atoms with Crippen molar-refractivity contribution >= 4 is 5.78 Å². The van der Waals surface area contributed by atoms with E-state index in [1.165, 1.54) is 13.3 Å². The van der Waals surface area contributed by atoms with Gasteiger partial charge in [0.05, 0.1) is 16.8 Å². The maximum absolute atomic E-state index is 13.8. The zero-order valence-corrected chi connectivity index (χ0v) is 10.1. The van der Waals surface area contributed by atoms with Crippen LogP contribution in [0.2, 0.25) is 0 Å². The molecule has 0 spiro atoms. The van der Waals surface area contributed by atoms with Gasteiger partial charge in [-0.15, -0.1) is 0 Å². The summed E-state index contributed by atoms with van der Waals surface area (Å²) < 4.78 is 41.5. The van der Waals surface area contributed by atoms with Crippen LogP contribution in [-0.4, -0.2) is 19.6 Å². The molecule has 1 N–H and O–H groups in total. The van der Waals surface area contributed by atoms with Crippen molar-refractivity contribution in [1.82, 2.24) is 19.6 Å². The molecule has 0 fully saturated rings. The Morgan fingerprint density at radius 2 is 1.80 bits per heavy atom. The lowest BCUT2D eigenvalue weighted by Gasteiger charge is -2.07. The van der Waals surface area contributed by atoms with E-state index in [0.29, 0.717) is 12.1 Å². The lowest BCUT2D eigenvalue weighted by atomic mass is 10.0. The number of aromatic nitrogens is 4. The Kier molecular flexibility index (Phi) is 2.60. The fourth-order valence-electron chi connectivity index (χ4n) is 2.03. The molecule has 0 unspecified atom stereocenters. The minimum absolute atomic E-state index is 0.0826. The molecule has 5 nitrogen and oxygen atoms in total. The Bertz CT molecular complexity index is 861. The van der Waals surface area contributed by atoms with E-state index in [1.807, 2.05) is 0 Å². The maximum atomic E-state index is 13.8. The highest BCUT2D eigenvalue weighted by molar-refractivity contribution is 5.67. The van der Waals surface area contributed by atoms with Gasteiger partial charge >= 0.3 is 0 Å². The van der Waals surface area contributed by atoms with Gasteiger partial charge in [0.2, 0.25) is 0 Å². The molecule has 0 aliphatic rings. The van der Waals surface area contributed by atoms with E-state index in [4.69, 9.17) is 0 Å². The average molecular weight is 280 g/mol. The van der Waals surface area contributed by atoms with Gasteiger partial charge < -0.3 is 0 Å². The number of nitrogens with one attached hydrogen (secondary N) is 1. The van der Waals surface area contributed by atoms with Gasteiger partial charge in [0.1, 0.15) is 23.8 Å². The van der Waals surface area contributed by atoms with E-state index >= 15 is 0 Å². The van der Waals surface area contributed by atoms with E-state index in [-0.39, 0.29) is 17.0 Å². The highest BCUT2D eigenvalue weighted by atomic mass is 19.1. The molecule has 102 valence electrons. The monoisotopic (exact) mass is 280 g/mol. The second-order valence-corrected chi connectivity index (χ2v) is 4.14. The number of hydrogen-bond acceptors (Lipinski definition) is 3. The number of fused-ring (bicyclic) bond motifs is 1. The van der Waals surface area contributed by atoms with Crippen LogP contribution >= 0.6 is 0 Å². The van der Waals surface area contributed by atoms with Crippen LogP contribution in [0, 0.1) is 24.4 Å². The van der Waals surface area contributed by atoms with Gasteiger partial charge in [-0.25, -0.2) is 23.1 Å². The average Bonchev–Trinajstić information content (AvgIpc) is 2.80. The third-order valence-electron chi connectivity index (χ3n) is 2.87. The Labute approximate surface area is 109 Å². The first-order valence-corrected chi connectivity index (χ1v) is 5.56. The maximum Gasteiger partial charge on any atom is 0.282 e. The lowest BCUT2D eigenvalue weighted by Crippen LogP contribution is -2.20. The van der Waals surface area contributed by atoms with Crippen molar-refractivity contribution in [3.63, 3.8) is 0 Å². The topological polar surface area (TPSA) is 63.1 Å². The standard InChI is InChI=1S/C12H7F3N4O/c1-5-9(10-7(14)2-6(13)3-8(10)15)11(20)19-12(18-5)16-4-17-19/h2-4H,1H3,(H,16,17,18). The summed E-state index contributed by atoms with van der Waals surface area (Å²) in [4.78, 5) is 20.0. The number of H-pyrrole nitrogens is 1. The van der Waals surface area contributed by atoms with E-state index in [0.717, 1.165) is 4.52 Å². The highest BCUT2D eigenvalue weighted by Crippen LogP contribution is 2.26. The Balaban J connectivity index is 2.44. The summed E-state index contributed by atoms with van der Waals surface area (Å²) >= 11 is 0. The summed E-state index contributed by atoms with van der Waals surface area (Å²) in [6.45, 7) is 1.42. The summed E-state index contributed by atoms with van der Waals surface area (Å²) in [7, 11) is 0. The molecular weight excluding hydrogens is 273 g/mol. The SMILES string of the molecule is Cc1nc2nc[nH]n2c(=O)c1-c1c(F)cc(F)cc1F. The number of nitrogens with zero attached hydrogens (tertiary/aromatic N) is 3. The number of rotatable bonds is 1. The predicted molar refractivity (Wildman–Crippen MR) is 63.7 cm³/mol. The van der Waals surface area contributed by atoms with Crippen molar-refractivity contribution in [2.45, 2.75) is 6.92 Å². The third-order valence-corrected chi connectivity index (χ3v) is 2.87. The molecule has 0 atom stereocenters. The van der Waals surface area contributed by atoms with E-state index in [9.17, 15) is 18.0 Å². The van der Waals surface area contributed by atoms with Crippen molar-refractivity contribution in [3.8, 4) is 11.1 Å². The summed E-state index contributed by atoms with van der Waals surface area (Å²) in [5.41, 5.74) is -1.49. The zero-order valence-electron chi connectivity index (χ0n) is 10.1. The van der Waals surface area contributed by atoms with E-state index in [2.05, 4.69) is 15.1 Å². The van der Waals surface area contributed by atoms with Crippen LogP contribution in [0.4, 0.5) is 13.2 Å². The molecule has 0 aliphatic carbocycles. The molecule has 2 aromatic heterocycles. The van der Waals surface area contributed by atoms with Gasteiger partial charge in [-0.3, -0.25) is 9.89 Å². The zero-order chi connectivity index (χ0) is 14.4. The normalized spacial score (nSPS) is 11.2. The summed E-state index contributed by atoms with van der Waals surface area (Å²) in [5, 5.41) is 2.49. The molecule has 0 bridgehead atoms. The van der Waals surface area contributed by atoms with E-state index in [1.54, 1.807) is 0 Å². The summed E-state index contributed by atoms with van der Waals surface area (Å²) in [5.74, 6) is -3.30. The number of hydrogen-bond donors (Lipinski definition) is 1. The molecule has 3 aromatic rings. The predicted octanol–water partition coefficient (Wildman–Crippen LogP) is 1.81. The van der Waals surface area contributed by atoms with Gasteiger partial charge in [-0.2, -0.15) is 4.52 Å². The second kappa shape index (κ2) is 4.19. The van der Waals surface area contributed by atoms with Crippen LogP contribution in [0.25, 0.3) is 16.9 Å². The first-order chi connectivity index (χ1) is 9.49.